The van der Waals surface area contributed by atoms with Crippen LogP contribution in [0.1, 0.15) is 20.7 Å². The van der Waals surface area contributed by atoms with Gasteiger partial charge in [0, 0.05) is 34.2 Å². The smallest absolute Gasteiger partial charge is 0.261 e. The maximum Gasteiger partial charge on any atom is 0.261 e. The van der Waals surface area contributed by atoms with Crippen LogP contribution in [0.3, 0.4) is 0 Å². The van der Waals surface area contributed by atoms with Crippen molar-refractivity contribution in [3.63, 3.8) is 0 Å². The normalized spacial score (nSPS) is 13.4. The molecule has 0 spiro atoms. The molecule has 0 bridgehead atoms. The molecule has 1 aliphatic rings. The van der Waals surface area contributed by atoms with E-state index in [-0.39, 0.29) is 25.0 Å². The van der Waals surface area contributed by atoms with E-state index in [0.29, 0.717) is 27.6 Å². The molecule has 0 saturated carbocycles. The van der Waals surface area contributed by atoms with E-state index in [2.05, 4.69) is 10.0 Å². The lowest BCUT2D eigenvalue weighted by molar-refractivity contribution is 0.0560. The first-order valence-electron chi connectivity index (χ1n) is 6.65. The minimum Gasteiger partial charge on any atom is -0.383 e. The Morgan fingerprint density at radius 2 is 1.91 bits per heavy atom. The number of hydrogen-bond donors (Lipinski definition) is 0. The predicted molar refractivity (Wildman–Crippen MR) is 80.0 cm³/mol. The zero-order valence-corrected chi connectivity index (χ0v) is 11.8. The van der Waals surface area contributed by atoms with Gasteiger partial charge in [0.15, 0.2) is 0 Å². The van der Waals surface area contributed by atoms with Gasteiger partial charge in [0.2, 0.25) is 0 Å². The number of hydrogen-bond acceptors (Lipinski definition) is 4. The summed E-state index contributed by atoms with van der Waals surface area (Å²) in [6.07, 6.45) is 0. The molecule has 0 atom stereocenters. The minimum atomic E-state index is -0.363. The van der Waals surface area contributed by atoms with Crippen molar-refractivity contribution in [2.75, 3.05) is 20.3 Å². The summed E-state index contributed by atoms with van der Waals surface area (Å²) in [5, 5.41) is 4.75. The average molecular weight is 296 g/mol. The third-order valence-electron chi connectivity index (χ3n) is 3.64. The molecule has 7 nitrogen and oxygen atoms in total. The second-order valence-corrected chi connectivity index (χ2v) is 4.80. The fraction of sp³-hybridized carbons (Fsp3) is 0.200. The Balaban J connectivity index is 2.25. The predicted octanol–water partition coefficient (Wildman–Crippen LogP) is 3.02. The van der Waals surface area contributed by atoms with Crippen LogP contribution < -0.4 is 0 Å². The summed E-state index contributed by atoms with van der Waals surface area (Å²) in [6, 6.07) is 8.28. The number of amides is 2. The maximum atomic E-state index is 12.5. The van der Waals surface area contributed by atoms with E-state index < -0.39 is 0 Å². The molecule has 0 fully saturated rings. The van der Waals surface area contributed by atoms with Crippen molar-refractivity contribution in [2.24, 2.45) is 5.11 Å². The van der Waals surface area contributed by atoms with Gasteiger partial charge in [-0.2, -0.15) is 0 Å². The first kappa shape index (κ1) is 14.1. The van der Waals surface area contributed by atoms with E-state index in [0.717, 1.165) is 0 Å². The Bertz CT molecular complexity index is 818. The fourth-order valence-electron chi connectivity index (χ4n) is 2.65. The van der Waals surface area contributed by atoms with E-state index in [9.17, 15) is 9.59 Å². The fourth-order valence-corrected chi connectivity index (χ4v) is 2.65. The summed E-state index contributed by atoms with van der Waals surface area (Å²) in [6.45, 7) is 0.474. The third kappa shape index (κ3) is 2.00. The van der Waals surface area contributed by atoms with Crippen molar-refractivity contribution in [3.05, 3.63) is 51.9 Å². The van der Waals surface area contributed by atoms with Crippen LogP contribution in [0.25, 0.3) is 21.2 Å². The Morgan fingerprint density at radius 3 is 2.59 bits per heavy atom. The third-order valence-corrected chi connectivity index (χ3v) is 3.64. The lowest BCUT2D eigenvalue weighted by atomic mass is 9.93. The van der Waals surface area contributed by atoms with Gasteiger partial charge in [-0.3, -0.25) is 14.5 Å². The highest BCUT2D eigenvalue weighted by Crippen LogP contribution is 2.35. The standard InChI is InChI=1S/C15H12N4O3/c1-22-8-7-19-14(20)10-4-2-3-9-12(17-18-16)6-5-11(13(9)10)15(19)21/h2-6H,7-8H2,1H3. The minimum absolute atomic E-state index is 0.197. The number of ether oxygens (including phenoxy) is 1. The second-order valence-electron chi connectivity index (χ2n) is 4.80. The summed E-state index contributed by atoms with van der Waals surface area (Å²) in [7, 11) is 1.51. The number of imide groups is 1. The molecule has 0 saturated heterocycles. The van der Waals surface area contributed by atoms with Gasteiger partial charge in [0.25, 0.3) is 11.8 Å². The maximum absolute atomic E-state index is 12.5. The largest absolute Gasteiger partial charge is 0.383 e. The molecule has 7 heteroatoms. The Labute approximate surface area is 125 Å². The van der Waals surface area contributed by atoms with Gasteiger partial charge in [-0.25, -0.2) is 0 Å². The van der Waals surface area contributed by atoms with Crippen LogP contribution in [0.2, 0.25) is 0 Å². The molecule has 0 unspecified atom stereocenters. The molecule has 3 rings (SSSR count). The highest BCUT2D eigenvalue weighted by molar-refractivity contribution is 6.26. The molecular weight excluding hydrogens is 284 g/mol. The highest BCUT2D eigenvalue weighted by Gasteiger charge is 2.32. The van der Waals surface area contributed by atoms with Gasteiger partial charge in [-0.05, 0) is 23.1 Å². The van der Waals surface area contributed by atoms with Crippen molar-refractivity contribution >= 4 is 28.3 Å². The first-order chi connectivity index (χ1) is 10.7. The van der Waals surface area contributed by atoms with Crippen LogP contribution in [0, 0.1) is 0 Å². The second kappa shape index (κ2) is 5.48. The van der Waals surface area contributed by atoms with Crippen molar-refractivity contribution in [1.29, 1.82) is 0 Å². The molecule has 2 amide bonds. The number of rotatable bonds is 4. The van der Waals surface area contributed by atoms with Crippen LogP contribution in [0.5, 0.6) is 0 Å². The molecule has 0 N–H and O–H groups in total. The lowest BCUT2D eigenvalue weighted by Crippen LogP contribution is -2.42. The summed E-state index contributed by atoms with van der Waals surface area (Å²) < 4.78 is 4.95. The van der Waals surface area contributed by atoms with E-state index >= 15 is 0 Å². The number of carbonyl (C=O) groups is 2. The van der Waals surface area contributed by atoms with Crippen molar-refractivity contribution in [3.8, 4) is 0 Å². The summed E-state index contributed by atoms with van der Waals surface area (Å²) in [5.41, 5.74) is 9.89. The van der Waals surface area contributed by atoms with Gasteiger partial charge < -0.3 is 4.74 Å². The summed E-state index contributed by atoms with van der Waals surface area (Å²) in [5.74, 6) is -0.725. The number of benzene rings is 2. The van der Waals surface area contributed by atoms with E-state index in [1.165, 1.54) is 12.0 Å². The van der Waals surface area contributed by atoms with Crippen LogP contribution in [0.4, 0.5) is 5.69 Å². The first-order valence-corrected chi connectivity index (χ1v) is 6.65. The van der Waals surface area contributed by atoms with Gasteiger partial charge in [-0.1, -0.05) is 23.3 Å². The highest BCUT2D eigenvalue weighted by atomic mass is 16.5. The quantitative estimate of drug-likeness (QED) is 0.375. The number of methoxy groups -OCH3 is 1. The molecule has 1 aliphatic heterocycles. The molecule has 110 valence electrons. The molecule has 0 aromatic heterocycles. The van der Waals surface area contributed by atoms with E-state index in [4.69, 9.17) is 10.3 Å². The molecular formula is C15H12N4O3. The van der Waals surface area contributed by atoms with E-state index in [1.54, 1.807) is 30.3 Å². The van der Waals surface area contributed by atoms with Crippen LogP contribution in [-0.4, -0.2) is 37.0 Å². The number of azide groups is 1. The molecule has 22 heavy (non-hydrogen) atoms. The zero-order valence-electron chi connectivity index (χ0n) is 11.8. The van der Waals surface area contributed by atoms with Crippen molar-refractivity contribution < 1.29 is 14.3 Å². The average Bonchev–Trinajstić information content (AvgIpc) is 2.53. The zero-order chi connectivity index (χ0) is 15.7. The topological polar surface area (TPSA) is 95.4 Å². The van der Waals surface area contributed by atoms with Crippen LogP contribution in [-0.2, 0) is 4.74 Å². The van der Waals surface area contributed by atoms with Gasteiger partial charge in [0.05, 0.1) is 13.2 Å². The molecule has 0 radical (unpaired) electrons. The van der Waals surface area contributed by atoms with Crippen LogP contribution in [0.15, 0.2) is 35.4 Å². The number of carbonyl (C=O) groups excluding carboxylic acids is 2. The molecule has 0 aliphatic carbocycles. The Morgan fingerprint density at radius 1 is 1.18 bits per heavy atom. The monoisotopic (exact) mass is 296 g/mol. The molecule has 2 aromatic rings. The van der Waals surface area contributed by atoms with Gasteiger partial charge in [-0.15, -0.1) is 0 Å². The lowest BCUT2D eigenvalue weighted by Gasteiger charge is -2.27. The summed E-state index contributed by atoms with van der Waals surface area (Å²) >= 11 is 0. The number of nitrogens with zero attached hydrogens (tertiary/aromatic N) is 4. The van der Waals surface area contributed by atoms with Gasteiger partial charge in [0.1, 0.15) is 0 Å². The van der Waals surface area contributed by atoms with E-state index in [1.807, 2.05) is 0 Å². The molecule has 1 heterocycles. The molecule has 2 aromatic carbocycles. The SMILES string of the molecule is COCCN1C(=O)c2cccc3c(N=[N+]=[N-])ccc(c23)C1=O. The summed E-state index contributed by atoms with van der Waals surface area (Å²) in [4.78, 5) is 29.0. The van der Waals surface area contributed by atoms with Gasteiger partial charge >= 0.3 is 0 Å². The van der Waals surface area contributed by atoms with Crippen LogP contribution >= 0.6 is 0 Å². The Kier molecular flexibility index (Phi) is 3.50. The van der Waals surface area contributed by atoms with Crippen molar-refractivity contribution in [1.82, 2.24) is 4.90 Å². The Hall–Kier alpha value is -2.89. The van der Waals surface area contributed by atoms with Crippen molar-refractivity contribution in [2.45, 2.75) is 0 Å².